The number of nitrogens with one attached hydrogen (secondary N) is 1. The number of hydrogen-bond donors (Lipinski definition) is 1. The van der Waals surface area contributed by atoms with Crippen molar-refractivity contribution in [3.8, 4) is 0 Å². The van der Waals surface area contributed by atoms with E-state index in [1.54, 1.807) is 35.1 Å². The zero-order chi connectivity index (χ0) is 19.4. The van der Waals surface area contributed by atoms with Crippen molar-refractivity contribution >= 4 is 40.2 Å². The first-order chi connectivity index (χ1) is 13.0. The quantitative estimate of drug-likeness (QED) is 0.474. The Morgan fingerprint density at radius 3 is 2.93 bits per heavy atom. The lowest BCUT2D eigenvalue weighted by Gasteiger charge is -2.14. The van der Waals surface area contributed by atoms with Gasteiger partial charge < -0.3 is 9.73 Å². The summed E-state index contributed by atoms with van der Waals surface area (Å²) in [6.45, 7) is 4.38. The second kappa shape index (κ2) is 8.63. The smallest absolute Gasteiger partial charge is 0.262 e. The molecule has 1 N–H and O–H groups in total. The molecule has 0 fully saturated rings. The molecule has 0 saturated carbocycles. The van der Waals surface area contributed by atoms with Gasteiger partial charge in [0, 0.05) is 11.6 Å². The van der Waals surface area contributed by atoms with E-state index < -0.39 is 0 Å². The normalized spacial score (nSPS) is 12.3. The number of nitrogens with zero attached hydrogens (tertiary/aromatic N) is 2. The first-order valence-corrected chi connectivity index (χ1v) is 10.0. The van der Waals surface area contributed by atoms with E-state index in [0.29, 0.717) is 33.4 Å². The summed E-state index contributed by atoms with van der Waals surface area (Å²) in [7, 11) is 0. The molecule has 1 unspecified atom stereocenters. The second-order valence-corrected chi connectivity index (χ2v) is 7.48. The van der Waals surface area contributed by atoms with Gasteiger partial charge >= 0.3 is 0 Å². The molecule has 0 aliphatic heterocycles. The van der Waals surface area contributed by atoms with Crippen LogP contribution >= 0.6 is 23.4 Å². The largest absolute Gasteiger partial charge is 0.467 e. The Labute approximate surface area is 165 Å². The number of carbonyl (C=O) groups is 1. The van der Waals surface area contributed by atoms with Gasteiger partial charge in [0.25, 0.3) is 5.56 Å². The van der Waals surface area contributed by atoms with Crippen molar-refractivity contribution in [2.24, 2.45) is 0 Å². The van der Waals surface area contributed by atoms with Crippen LogP contribution in [0.2, 0.25) is 5.02 Å². The molecule has 6 nitrogen and oxygen atoms in total. The highest BCUT2D eigenvalue weighted by atomic mass is 35.5. The van der Waals surface area contributed by atoms with Crippen LogP contribution in [0.15, 0.2) is 51.0 Å². The first kappa shape index (κ1) is 19.5. The fourth-order valence-electron chi connectivity index (χ4n) is 2.73. The number of aromatic nitrogens is 2. The minimum Gasteiger partial charge on any atom is -0.467 e. The topological polar surface area (TPSA) is 77.1 Å². The number of furan rings is 1. The molecule has 3 aromatic rings. The number of rotatable bonds is 7. The van der Waals surface area contributed by atoms with Crippen molar-refractivity contribution < 1.29 is 9.21 Å². The van der Waals surface area contributed by atoms with Crippen LogP contribution in [0.25, 0.3) is 10.9 Å². The number of hydrogen-bond acceptors (Lipinski definition) is 5. The molecular weight excluding hydrogens is 386 g/mol. The van der Waals surface area contributed by atoms with E-state index in [-0.39, 0.29) is 23.3 Å². The van der Waals surface area contributed by atoms with Gasteiger partial charge in [0.15, 0.2) is 5.16 Å². The molecule has 0 aliphatic carbocycles. The van der Waals surface area contributed by atoms with Crippen LogP contribution in [0, 0.1) is 0 Å². The van der Waals surface area contributed by atoms with Crippen molar-refractivity contribution in [3.05, 3.63) is 57.7 Å². The molecule has 0 aliphatic rings. The predicted molar refractivity (Wildman–Crippen MR) is 107 cm³/mol. The van der Waals surface area contributed by atoms with Gasteiger partial charge in [-0.05, 0) is 43.7 Å². The maximum absolute atomic E-state index is 12.8. The molecule has 142 valence electrons. The van der Waals surface area contributed by atoms with Crippen LogP contribution in [-0.4, -0.2) is 21.2 Å². The van der Waals surface area contributed by atoms with Crippen LogP contribution in [0.1, 0.15) is 32.1 Å². The molecule has 1 aromatic carbocycles. The van der Waals surface area contributed by atoms with Crippen molar-refractivity contribution in [1.29, 1.82) is 0 Å². The monoisotopic (exact) mass is 405 g/mol. The molecule has 2 heterocycles. The molecule has 1 atom stereocenters. The van der Waals surface area contributed by atoms with Gasteiger partial charge in [0.05, 0.1) is 29.0 Å². The van der Waals surface area contributed by atoms with Crippen LogP contribution in [0.4, 0.5) is 0 Å². The third kappa shape index (κ3) is 4.54. The fourth-order valence-corrected chi connectivity index (χ4v) is 3.73. The van der Waals surface area contributed by atoms with Crippen molar-refractivity contribution in [3.63, 3.8) is 0 Å². The summed E-state index contributed by atoms with van der Waals surface area (Å²) in [6, 6.07) is 8.39. The zero-order valence-electron chi connectivity index (χ0n) is 15.1. The Balaban J connectivity index is 1.79. The van der Waals surface area contributed by atoms with Gasteiger partial charge in [-0.15, -0.1) is 0 Å². The Morgan fingerprint density at radius 2 is 2.22 bits per heavy atom. The number of amides is 1. The van der Waals surface area contributed by atoms with Gasteiger partial charge in [-0.25, -0.2) is 4.98 Å². The van der Waals surface area contributed by atoms with Crippen molar-refractivity contribution in [2.45, 2.75) is 38.0 Å². The van der Waals surface area contributed by atoms with E-state index >= 15 is 0 Å². The van der Waals surface area contributed by atoms with E-state index in [2.05, 4.69) is 10.3 Å². The van der Waals surface area contributed by atoms with Gasteiger partial charge in [-0.2, -0.15) is 0 Å². The Hall–Kier alpha value is -2.25. The highest BCUT2D eigenvalue weighted by Gasteiger charge is 2.15. The lowest BCUT2D eigenvalue weighted by atomic mass is 10.2. The van der Waals surface area contributed by atoms with E-state index in [0.717, 1.165) is 6.42 Å². The Morgan fingerprint density at radius 1 is 1.41 bits per heavy atom. The van der Waals surface area contributed by atoms with Crippen LogP contribution in [0.3, 0.4) is 0 Å². The van der Waals surface area contributed by atoms with Crippen LogP contribution in [-0.2, 0) is 11.3 Å². The minimum atomic E-state index is -0.227. The summed E-state index contributed by atoms with van der Waals surface area (Å²) in [5.41, 5.74) is 0.414. The average molecular weight is 406 g/mol. The average Bonchev–Trinajstić information content (AvgIpc) is 3.17. The van der Waals surface area contributed by atoms with Crippen molar-refractivity contribution in [1.82, 2.24) is 14.9 Å². The molecule has 0 radical (unpaired) electrons. The minimum absolute atomic E-state index is 0.120. The molecule has 0 spiro atoms. The number of thioether (sulfide) groups is 1. The van der Waals surface area contributed by atoms with Crippen molar-refractivity contribution in [2.75, 3.05) is 5.75 Å². The third-order valence-corrected chi connectivity index (χ3v) is 5.22. The number of carbonyl (C=O) groups excluding carboxylic acids is 1. The van der Waals surface area contributed by atoms with Crippen LogP contribution in [0.5, 0.6) is 0 Å². The Kier molecular flexibility index (Phi) is 6.23. The van der Waals surface area contributed by atoms with E-state index in [1.165, 1.54) is 11.8 Å². The lowest BCUT2D eigenvalue weighted by Crippen LogP contribution is -2.29. The van der Waals surface area contributed by atoms with Gasteiger partial charge in [-0.3, -0.25) is 14.2 Å². The maximum atomic E-state index is 12.8. The summed E-state index contributed by atoms with van der Waals surface area (Å²) < 4.78 is 6.91. The van der Waals surface area contributed by atoms with Crippen LogP contribution < -0.4 is 10.9 Å². The standard InChI is InChI=1S/C19H20ClN3O3S/c1-3-8-23-18(25)14-7-6-13(20)10-15(14)22-19(23)27-11-17(24)21-12(2)16-5-4-9-26-16/h4-7,9-10,12H,3,8,11H2,1-2H3,(H,21,24). The molecule has 3 rings (SSSR count). The van der Waals surface area contributed by atoms with E-state index in [4.69, 9.17) is 16.0 Å². The molecule has 27 heavy (non-hydrogen) atoms. The molecular formula is C19H20ClN3O3S. The number of fused-ring (bicyclic) bond motifs is 1. The predicted octanol–water partition coefficient (Wildman–Crippen LogP) is 4.02. The highest BCUT2D eigenvalue weighted by Crippen LogP contribution is 2.21. The summed E-state index contributed by atoms with van der Waals surface area (Å²) in [4.78, 5) is 29.6. The second-order valence-electron chi connectivity index (χ2n) is 6.11. The van der Waals surface area contributed by atoms with Gasteiger partial charge in [0.1, 0.15) is 5.76 Å². The summed E-state index contributed by atoms with van der Waals surface area (Å²) in [5.74, 6) is 0.676. The lowest BCUT2D eigenvalue weighted by molar-refractivity contribution is -0.119. The summed E-state index contributed by atoms with van der Waals surface area (Å²) in [6.07, 6.45) is 2.36. The maximum Gasteiger partial charge on any atom is 0.262 e. The zero-order valence-corrected chi connectivity index (χ0v) is 16.6. The van der Waals surface area contributed by atoms with E-state index in [1.807, 2.05) is 19.9 Å². The Bertz CT molecular complexity index is 1000. The third-order valence-electron chi connectivity index (χ3n) is 4.01. The molecule has 2 aromatic heterocycles. The fraction of sp³-hybridized carbons (Fsp3) is 0.316. The SMILES string of the molecule is CCCn1c(SCC(=O)NC(C)c2ccco2)nc2cc(Cl)ccc2c1=O. The van der Waals surface area contributed by atoms with E-state index in [9.17, 15) is 9.59 Å². The van der Waals surface area contributed by atoms with Gasteiger partial charge in [-0.1, -0.05) is 30.3 Å². The molecule has 8 heteroatoms. The summed E-state index contributed by atoms with van der Waals surface area (Å²) >= 11 is 7.26. The molecule has 1 amide bonds. The summed E-state index contributed by atoms with van der Waals surface area (Å²) in [5, 5.41) is 4.43. The highest BCUT2D eigenvalue weighted by molar-refractivity contribution is 7.99. The molecule has 0 bridgehead atoms. The van der Waals surface area contributed by atoms with Gasteiger partial charge in [0.2, 0.25) is 5.91 Å². The number of benzene rings is 1. The first-order valence-electron chi connectivity index (χ1n) is 8.65. The number of halogens is 1. The molecule has 0 saturated heterocycles.